The number of thiazole rings is 1. The van der Waals surface area contributed by atoms with Crippen LogP contribution in [0.5, 0.6) is 5.75 Å². The van der Waals surface area contributed by atoms with Crippen molar-refractivity contribution in [2.75, 3.05) is 38.3 Å². The summed E-state index contributed by atoms with van der Waals surface area (Å²) in [5, 5.41) is 12.9. The van der Waals surface area contributed by atoms with Gasteiger partial charge in [0.15, 0.2) is 10.1 Å². The van der Waals surface area contributed by atoms with Crippen LogP contribution in [0.3, 0.4) is 0 Å². The molecule has 0 aliphatic rings. The molecule has 4 rings (SSSR count). The number of hydrogen-bond donors (Lipinski definition) is 2. The predicted octanol–water partition coefficient (Wildman–Crippen LogP) is 3.83. The van der Waals surface area contributed by atoms with E-state index in [2.05, 4.69) is 25.4 Å². The van der Waals surface area contributed by atoms with Crippen molar-refractivity contribution in [3.63, 3.8) is 0 Å². The van der Waals surface area contributed by atoms with E-state index < -0.39 is 0 Å². The molecule has 0 saturated heterocycles. The number of aryl methyl sites for hydroxylation is 1. The third-order valence-electron chi connectivity index (χ3n) is 4.67. The second kappa shape index (κ2) is 9.60. The monoisotopic (exact) mass is 468 g/mol. The Bertz CT molecular complexity index is 1250. The van der Waals surface area contributed by atoms with Gasteiger partial charge in [0, 0.05) is 6.54 Å². The number of anilines is 2. The van der Waals surface area contributed by atoms with Gasteiger partial charge in [-0.1, -0.05) is 34.8 Å². The maximum atomic E-state index is 12.5. The molecule has 2 heterocycles. The number of nitrogen functional groups attached to an aromatic ring is 1. The van der Waals surface area contributed by atoms with Crippen molar-refractivity contribution >= 4 is 49.1 Å². The van der Waals surface area contributed by atoms with Crippen LogP contribution in [0.2, 0.25) is 0 Å². The molecule has 0 aliphatic heterocycles. The van der Waals surface area contributed by atoms with Gasteiger partial charge < -0.3 is 20.7 Å². The fraction of sp³-hybridized carbons (Fsp3) is 0.273. The highest BCUT2D eigenvalue weighted by molar-refractivity contribution is 7.22. The van der Waals surface area contributed by atoms with Crippen LogP contribution in [0.15, 0.2) is 36.4 Å². The number of carbonyl (C=O) groups excluding carboxylic acids is 1. The lowest BCUT2D eigenvalue weighted by Gasteiger charge is -2.13. The Labute approximate surface area is 194 Å². The first-order chi connectivity index (χ1) is 15.4. The molecule has 32 heavy (non-hydrogen) atoms. The van der Waals surface area contributed by atoms with Crippen LogP contribution in [-0.2, 0) is 11.2 Å². The second-order valence-corrected chi connectivity index (χ2v) is 9.68. The maximum Gasteiger partial charge on any atom is 0.230 e. The van der Waals surface area contributed by atoms with Gasteiger partial charge >= 0.3 is 0 Å². The zero-order valence-electron chi connectivity index (χ0n) is 18.1. The standard InChI is InChI=1S/C22H24N6O2S2/c1-13-4-6-15(17(10-13)30-9-8-28(2)3)20-26-27-22(32-20)25-19(29)12-14-5-7-16-18(11-14)31-21(23)24-16/h4-7,10-11H,8-9,12H2,1-3H3,(H2,23,24)(H,25,27,29). The number of ether oxygens (including phenoxy) is 1. The molecule has 0 saturated carbocycles. The Balaban J connectivity index is 1.44. The number of rotatable bonds is 8. The summed E-state index contributed by atoms with van der Waals surface area (Å²) in [6.45, 7) is 3.40. The number of nitrogens with one attached hydrogen (secondary N) is 1. The number of nitrogens with zero attached hydrogens (tertiary/aromatic N) is 4. The van der Waals surface area contributed by atoms with Gasteiger partial charge in [0.25, 0.3) is 0 Å². The van der Waals surface area contributed by atoms with Crippen molar-refractivity contribution in [2.45, 2.75) is 13.3 Å². The van der Waals surface area contributed by atoms with E-state index in [0.29, 0.717) is 21.9 Å². The number of fused-ring (bicyclic) bond motifs is 1. The van der Waals surface area contributed by atoms with Gasteiger partial charge in [-0.15, -0.1) is 10.2 Å². The van der Waals surface area contributed by atoms with Crippen LogP contribution in [0.25, 0.3) is 20.8 Å². The van der Waals surface area contributed by atoms with Crippen LogP contribution >= 0.6 is 22.7 Å². The van der Waals surface area contributed by atoms with Crippen molar-refractivity contribution in [3.8, 4) is 16.3 Å². The van der Waals surface area contributed by atoms with Gasteiger partial charge in [-0.2, -0.15) is 0 Å². The molecule has 0 bridgehead atoms. The van der Waals surface area contributed by atoms with Crippen molar-refractivity contribution in [1.29, 1.82) is 0 Å². The van der Waals surface area contributed by atoms with E-state index in [4.69, 9.17) is 10.5 Å². The van der Waals surface area contributed by atoms with Crippen molar-refractivity contribution < 1.29 is 9.53 Å². The van der Waals surface area contributed by atoms with Gasteiger partial charge in [0.2, 0.25) is 11.0 Å². The van der Waals surface area contributed by atoms with Gasteiger partial charge in [-0.3, -0.25) is 4.79 Å². The molecule has 3 N–H and O–H groups in total. The fourth-order valence-electron chi connectivity index (χ4n) is 3.09. The van der Waals surface area contributed by atoms with Crippen molar-refractivity contribution in [2.24, 2.45) is 0 Å². The highest BCUT2D eigenvalue weighted by atomic mass is 32.1. The molecule has 0 radical (unpaired) electrons. The molecule has 0 spiro atoms. The molecule has 8 nitrogen and oxygen atoms in total. The summed E-state index contributed by atoms with van der Waals surface area (Å²) in [5.74, 6) is 0.605. The lowest BCUT2D eigenvalue weighted by atomic mass is 10.1. The third-order valence-corrected chi connectivity index (χ3v) is 6.39. The fourth-order valence-corrected chi connectivity index (χ4v) is 4.68. The average molecular weight is 469 g/mol. The molecule has 0 fully saturated rings. The number of aromatic nitrogens is 3. The molecule has 0 unspecified atom stereocenters. The van der Waals surface area contributed by atoms with Crippen LogP contribution in [0, 0.1) is 6.92 Å². The summed E-state index contributed by atoms with van der Waals surface area (Å²) in [6, 6.07) is 11.7. The van der Waals surface area contributed by atoms with E-state index in [-0.39, 0.29) is 12.3 Å². The van der Waals surface area contributed by atoms with E-state index in [1.54, 1.807) is 0 Å². The lowest BCUT2D eigenvalue weighted by molar-refractivity contribution is -0.115. The Morgan fingerprint density at radius 1 is 1.16 bits per heavy atom. The lowest BCUT2D eigenvalue weighted by Crippen LogP contribution is -2.19. The molecular formula is C22H24N6O2S2. The van der Waals surface area contributed by atoms with E-state index in [9.17, 15) is 4.79 Å². The molecule has 1 amide bonds. The van der Waals surface area contributed by atoms with E-state index >= 15 is 0 Å². The number of likely N-dealkylation sites (N-methyl/N-ethyl adjacent to an activating group) is 1. The summed E-state index contributed by atoms with van der Waals surface area (Å²) in [7, 11) is 4.01. The summed E-state index contributed by atoms with van der Waals surface area (Å²) >= 11 is 2.73. The molecule has 0 atom stereocenters. The number of carbonyl (C=O) groups is 1. The largest absolute Gasteiger partial charge is 0.492 e. The Kier molecular flexibility index (Phi) is 6.63. The van der Waals surface area contributed by atoms with Gasteiger partial charge in [0.05, 0.1) is 22.2 Å². The summed E-state index contributed by atoms with van der Waals surface area (Å²) in [4.78, 5) is 18.9. The van der Waals surface area contributed by atoms with E-state index in [1.807, 2.05) is 57.4 Å². The van der Waals surface area contributed by atoms with Crippen molar-refractivity contribution in [3.05, 3.63) is 47.5 Å². The first-order valence-electron chi connectivity index (χ1n) is 10.0. The number of amides is 1. The Morgan fingerprint density at radius 3 is 2.81 bits per heavy atom. The number of hydrogen-bond acceptors (Lipinski definition) is 9. The molecule has 2 aromatic heterocycles. The zero-order valence-corrected chi connectivity index (χ0v) is 19.7. The molecular weight excluding hydrogens is 444 g/mol. The van der Waals surface area contributed by atoms with Crippen LogP contribution in [0.1, 0.15) is 11.1 Å². The SMILES string of the molecule is Cc1ccc(-c2nnc(NC(=O)Cc3ccc4nc(N)sc4c3)s2)c(OCCN(C)C)c1. The zero-order chi connectivity index (χ0) is 22.7. The Hall–Kier alpha value is -3.08. The number of nitrogens with two attached hydrogens (primary N) is 1. The topological polar surface area (TPSA) is 106 Å². The van der Waals surface area contributed by atoms with Crippen LogP contribution in [0.4, 0.5) is 10.3 Å². The highest BCUT2D eigenvalue weighted by Crippen LogP contribution is 2.34. The minimum absolute atomic E-state index is 0.157. The summed E-state index contributed by atoms with van der Waals surface area (Å²) < 4.78 is 6.95. The normalized spacial score (nSPS) is 11.2. The summed E-state index contributed by atoms with van der Waals surface area (Å²) in [5.41, 5.74) is 9.45. The predicted molar refractivity (Wildman–Crippen MR) is 130 cm³/mol. The Morgan fingerprint density at radius 2 is 2.00 bits per heavy atom. The maximum absolute atomic E-state index is 12.5. The molecule has 166 valence electrons. The molecule has 10 heteroatoms. The highest BCUT2D eigenvalue weighted by Gasteiger charge is 2.15. The van der Waals surface area contributed by atoms with Gasteiger partial charge in [-0.05, 0) is 56.4 Å². The number of benzene rings is 2. The molecule has 4 aromatic rings. The average Bonchev–Trinajstić information content (AvgIpc) is 3.33. The van der Waals surface area contributed by atoms with Gasteiger partial charge in [-0.25, -0.2) is 4.98 Å². The van der Waals surface area contributed by atoms with Crippen LogP contribution < -0.4 is 15.8 Å². The molecule has 2 aromatic carbocycles. The first-order valence-corrected chi connectivity index (χ1v) is 11.7. The first kappa shape index (κ1) is 22.1. The van der Waals surface area contributed by atoms with Crippen LogP contribution in [-0.4, -0.2) is 53.2 Å². The van der Waals surface area contributed by atoms with Gasteiger partial charge in [0.1, 0.15) is 12.4 Å². The summed E-state index contributed by atoms with van der Waals surface area (Å²) in [6.07, 6.45) is 0.228. The third kappa shape index (κ3) is 5.39. The minimum atomic E-state index is -0.157. The minimum Gasteiger partial charge on any atom is -0.492 e. The smallest absolute Gasteiger partial charge is 0.230 e. The second-order valence-electron chi connectivity index (χ2n) is 7.64. The van der Waals surface area contributed by atoms with E-state index in [1.165, 1.54) is 22.7 Å². The van der Waals surface area contributed by atoms with Crippen molar-refractivity contribution in [1.82, 2.24) is 20.1 Å². The quantitative estimate of drug-likeness (QED) is 0.405. The molecule has 0 aliphatic carbocycles. The van der Waals surface area contributed by atoms with E-state index in [0.717, 1.165) is 39.2 Å².